The fourth-order valence-corrected chi connectivity index (χ4v) is 4.17. The van der Waals surface area contributed by atoms with Crippen LogP contribution in [0.5, 0.6) is 0 Å². The van der Waals surface area contributed by atoms with Gasteiger partial charge in [-0.2, -0.15) is 4.68 Å². The third kappa shape index (κ3) is 14.1. The molecule has 1 aromatic heterocycles. The first-order valence-corrected chi connectivity index (χ1v) is 13.4. The molecule has 0 spiro atoms. The summed E-state index contributed by atoms with van der Waals surface area (Å²) in [6.07, 6.45) is 21.4. The van der Waals surface area contributed by atoms with E-state index in [9.17, 15) is 14.9 Å². The van der Waals surface area contributed by atoms with Crippen LogP contribution in [-0.4, -0.2) is 27.2 Å². The lowest BCUT2D eigenvalue weighted by Crippen LogP contribution is -2.32. The number of unbranched alkanes of at least 4 members (excludes halogenated alkanes) is 15. The molecule has 33 heavy (non-hydrogen) atoms. The van der Waals surface area contributed by atoms with Crippen molar-refractivity contribution in [2.24, 2.45) is 5.92 Å². The Balaban J connectivity index is 1.92. The fourth-order valence-electron chi connectivity index (χ4n) is 4.17. The average molecular weight is 465 g/mol. The maximum atomic E-state index is 12.3. The Hall–Kier alpha value is -1.92. The first-order valence-electron chi connectivity index (χ1n) is 13.4. The lowest BCUT2D eigenvalue weighted by molar-refractivity contribution is -0.389. The van der Waals surface area contributed by atoms with Crippen molar-refractivity contribution in [1.82, 2.24) is 15.1 Å². The van der Waals surface area contributed by atoms with Crippen LogP contribution in [-0.2, 0) is 11.3 Å². The van der Waals surface area contributed by atoms with Gasteiger partial charge in [0, 0.05) is 6.54 Å². The minimum Gasteiger partial charge on any atom is -0.358 e. The Morgan fingerprint density at radius 2 is 1.39 bits per heavy atom. The molecule has 0 bridgehead atoms. The molecule has 1 heterocycles. The van der Waals surface area contributed by atoms with E-state index in [4.69, 9.17) is 0 Å². The third-order valence-corrected chi connectivity index (χ3v) is 6.38. The molecule has 1 aromatic rings. The van der Waals surface area contributed by atoms with Gasteiger partial charge in [0.15, 0.2) is 0 Å². The minimum atomic E-state index is -0.508. The van der Waals surface area contributed by atoms with Gasteiger partial charge in [-0.15, -0.1) is 0 Å². The molecular weight excluding hydrogens is 416 g/mol. The molecule has 0 saturated carbocycles. The van der Waals surface area contributed by atoms with Crippen molar-refractivity contribution in [1.29, 1.82) is 0 Å². The molecular formula is C26H48N4O3. The second-order valence-corrected chi connectivity index (χ2v) is 9.58. The number of nitrogens with one attached hydrogen (secondary N) is 1. The van der Waals surface area contributed by atoms with Crippen molar-refractivity contribution in [3.63, 3.8) is 0 Å². The highest BCUT2D eigenvalue weighted by molar-refractivity contribution is 5.78. The van der Waals surface area contributed by atoms with Crippen LogP contribution in [0, 0.1) is 23.0 Å². The van der Waals surface area contributed by atoms with Gasteiger partial charge in [-0.1, -0.05) is 110 Å². The second-order valence-electron chi connectivity index (χ2n) is 9.58. The van der Waals surface area contributed by atoms with Crippen LogP contribution in [0.2, 0.25) is 0 Å². The number of hydrogen-bond acceptors (Lipinski definition) is 4. The highest BCUT2D eigenvalue weighted by Gasteiger charge is 2.20. The van der Waals surface area contributed by atoms with E-state index in [0.29, 0.717) is 18.8 Å². The van der Waals surface area contributed by atoms with Crippen LogP contribution >= 0.6 is 0 Å². The van der Waals surface area contributed by atoms with Gasteiger partial charge in [-0.3, -0.25) is 4.79 Å². The molecule has 1 unspecified atom stereocenters. The highest BCUT2D eigenvalue weighted by Crippen LogP contribution is 2.14. The molecule has 1 amide bonds. The van der Waals surface area contributed by atoms with Crippen LogP contribution < -0.4 is 5.32 Å². The number of hydrogen-bond donors (Lipinski definition) is 1. The molecule has 1 atom stereocenters. The van der Waals surface area contributed by atoms with E-state index in [2.05, 4.69) is 17.3 Å². The fraction of sp³-hybridized carbons (Fsp3) is 0.846. The topological polar surface area (TPSA) is 90.1 Å². The predicted octanol–water partition coefficient (Wildman–Crippen LogP) is 7.11. The molecule has 190 valence electrons. The molecule has 0 aliphatic carbocycles. The summed E-state index contributed by atoms with van der Waals surface area (Å²) in [7, 11) is 0. The van der Waals surface area contributed by atoms with Crippen molar-refractivity contribution in [3.8, 4) is 0 Å². The van der Waals surface area contributed by atoms with Crippen molar-refractivity contribution in [3.05, 3.63) is 21.9 Å². The van der Waals surface area contributed by atoms with Crippen LogP contribution in [0.4, 0.5) is 5.82 Å². The zero-order valence-electron chi connectivity index (χ0n) is 21.4. The van der Waals surface area contributed by atoms with E-state index >= 15 is 0 Å². The van der Waals surface area contributed by atoms with Crippen LogP contribution in [0.25, 0.3) is 0 Å². The number of nitrogens with zero attached hydrogens (tertiary/aromatic N) is 3. The zero-order chi connectivity index (χ0) is 24.3. The van der Waals surface area contributed by atoms with E-state index in [1.54, 1.807) is 6.92 Å². The third-order valence-electron chi connectivity index (χ3n) is 6.38. The van der Waals surface area contributed by atoms with E-state index in [0.717, 1.165) is 12.8 Å². The molecule has 1 rings (SSSR count). The first-order chi connectivity index (χ1) is 16.0. The van der Waals surface area contributed by atoms with Crippen molar-refractivity contribution < 1.29 is 9.72 Å². The number of rotatable bonds is 21. The molecule has 7 nitrogen and oxygen atoms in total. The Morgan fingerprint density at radius 3 is 1.82 bits per heavy atom. The summed E-state index contributed by atoms with van der Waals surface area (Å²) >= 11 is 0. The zero-order valence-corrected chi connectivity index (χ0v) is 21.4. The maximum absolute atomic E-state index is 12.3. The molecule has 0 aliphatic heterocycles. The predicted molar refractivity (Wildman–Crippen MR) is 135 cm³/mol. The molecule has 7 heteroatoms. The number of aromatic nitrogens is 2. The number of aryl methyl sites for hydroxylation is 1. The first kappa shape index (κ1) is 29.1. The SMILES string of the molecule is CCCCCCCCCCCCCCCCCCNC(=O)C(C)Cn1nc([N+](=O)[O-])cc1C. The molecule has 0 fully saturated rings. The Labute approximate surface area is 201 Å². The lowest BCUT2D eigenvalue weighted by Gasteiger charge is -2.11. The summed E-state index contributed by atoms with van der Waals surface area (Å²) in [5.74, 6) is -0.467. The minimum absolute atomic E-state index is 0.0199. The van der Waals surface area contributed by atoms with Crippen LogP contribution in [0.15, 0.2) is 6.07 Å². The van der Waals surface area contributed by atoms with Crippen molar-refractivity contribution >= 4 is 11.7 Å². The molecule has 0 saturated heterocycles. The molecule has 0 aliphatic rings. The Morgan fingerprint density at radius 1 is 0.939 bits per heavy atom. The largest absolute Gasteiger partial charge is 0.390 e. The normalized spacial score (nSPS) is 12.1. The lowest BCUT2D eigenvalue weighted by atomic mass is 10.0. The van der Waals surface area contributed by atoms with E-state index < -0.39 is 4.92 Å². The van der Waals surface area contributed by atoms with Gasteiger partial charge >= 0.3 is 5.82 Å². The number of carbonyl (C=O) groups is 1. The monoisotopic (exact) mass is 464 g/mol. The van der Waals surface area contributed by atoms with E-state index in [-0.39, 0.29) is 17.6 Å². The standard InChI is InChI=1S/C26H48N4O3/c1-4-5-6-7-8-9-10-11-12-13-14-15-16-17-18-19-20-27-26(31)23(2)22-29-24(3)21-25(28-29)30(32)33/h21,23H,4-20,22H2,1-3H3,(H,27,31). The number of carbonyl (C=O) groups excluding carboxylic acids is 1. The second kappa shape index (κ2) is 18.5. The summed E-state index contributed by atoms with van der Waals surface area (Å²) in [4.78, 5) is 22.6. The van der Waals surface area contributed by atoms with Gasteiger partial charge in [0.2, 0.25) is 5.91 Å². The quantitative estimate of drug-likeness (QED) is 0.119. The van der Waals surface area contributed by atoms with Gasteiger partial charge in [0.1, 0.15) is 0 Å². The smallest absolute Gasteiger partial charge is 0.358 e. The molecule has 1 N–H and O–H groups in total. The van der Waals surface area contributed by atoms with Crippen molar-refractivity contribution in [2.45, 2.75) is 130 Å². The summed E-state index contributed by atoms with van der Waals surface area (Å²) in [5, 5.41) is 17.8. The van der Waals surface area contributed by atoms with Gasteiger partial charge < -0.3 is 15.4 Å². The van der Waals surface area contributed by atoms with E-state index in [1.807, 2.05) is 6.92 Å². The summed E-state index contributed by atoms with van der Waals surface area (Å²) in [6, 6.07) is 1.43. The maximum Gasteiger partial charge on any atom is 0.390 e. The van der Waals surface area contributed by atoms with Gasteiger partial charge in [0.25, 0.3) is 0 Å². The van der Waals surface area contributed by atoms with E-state index in [1.165, 1.54) is 101 Å². The number of nitro groups is 1. The Bertz CT molecular complexity index is 660. The average Bonchev–Trinajstić information content (AvgIpc) is 3.16. The summed E-state index contributed by atoms with van der Waals surface area (Å²) in [5.41, 5.74) is 0.694. The summed E-state index contributed by atoms with van der Waals surface area (Å²) < 4.78 is 1.54. The Kier molecular flexibility index (Phi) is 16.3. The van der Waals surface area contributed by atoms with Crippen molar-refractivity contribution in [2.75, 3.05) is 6.54 Å². The van der Waals surface area contributed by atoms with Gasteiger partial charge in [-0.25, -0.2) is 0 Å². The molecule has 0 radical (unpaired) electrons. The number of amides is 1. The van der Waals surface area contributed by atoms with Gasteiger partial charge in [-0.05, 0) is 18.3 Å². The van der Waals surface area contributed by atoms with Crippen LogP contribution in [0.1, 0.15) is 122 Å². The van der Waals surface area contributed by atoms with Gasteiger partial charge in [0.05, 0.1) is 29.3 Å². The molecule has 0 aromatic carbocycles. The van der Waals surface area contributed by atoms with Crippen LogP contribution in [0.3, 0.4) is 0 Å². The summed E-state index contributed by atoms with van der Waals surface area (Å²) in [6.45, 7) is 6.91. The highest BCUT2D eigenvalue weighted by atomic mass is 16.6.